The van der Waals surface area contributed by atoms with Crippen molar-refractivity contribution in [3.8, 4) is 22.6 Å². The fourth-order valence-corrected chi connectivity index (χ4v) is 3.23. The molecule has 0 aliphatic heterocycles. The molecule has 1 saturated carbocycles. The lowest BCUT2D eigenvalue weighted by molar-refractivity contribution is 0.372. The second-order valence-corrected chi connectivity index (χ2v) is 6.61. The Hall–Kier alpha value is -2.53. The minimum atomic E-state index is -0.441. The van der Waals surface area contributed by atoms with Crippen molar-refractivity contribution in [2.75, 3.05) is 0 Å². The van der Waals surface area contributed by atoms with Crippen LogP contribution in [-0.2, 0) is 5.54 Å². The van der Waals surface area contributed by atoms with Crippen LogP contribution in [0.5, 0.6) is 0 Å². The van der Waals surface area contributed by atoms with Gasteiger partial charge in [0.05, 0.1) is 11.1 Å². The lowest BCUT2D eigenvalue weighted by Gasteiger charge is -2.17. The number of hydrogen-bond donors (Lipinski definition) is 1. The number of aromatic nitrogens is 3. The second kappa shape index (κ2) is 5.83. The van der Waals surface area contributed by atoms with Crippen LogP contribution in [0.25, 0.3) is 22.6 Å². The van der Waals surface area contributed by atoms with E-state index in [1.54, 1.807) is 6.20 Å². The van der Waals surface area contributed by atoms with Crippen molar-refractivity contribution < 1.29 is 4.52 Å². The van der Waals surface area contributed by atoms with E-state index in [4.69, 9.17) is 10.3 Å². The van der Waals surface area contributed by atoms with Crippen LogP contribution in [0.2, 0.25) is 0 Å². The van der Waals surface area contributed by atoms with Crippen molar-refractivity contribution in [3.05, 3.63) is 54.1 Å². The molecule has 3 aromatic rings. The Morgan fingerprint density at radius 1 is 1.00 bits per heavy atom. The highest BCUT2D eigenvalue weighted by Crippen LogP contribution is 2.35. The Morgan fingerprint density at radius 3 is 2.46 bits per heavy atom. The number of benzene rings is 1. The van der Waals surface area contributed by atoms with E-state index in [-0.39, 0.29) is 0 Å². The summed E-state index contributed by atoms with van der Waals surface area (Å²) >= 11 is 0. The summed E-state index contributed by atoms with van der Waals surface area (Å²) in [6, 6.07) is 10.4. The van der Waals surface area contributed by atoms with Gasteiger partial charge in [-0.05, 0) is 31.4 Å². The average molecular weight is 320 g/mol. The van der Waals surface area contributed by atoms with Gasteiger partial charge in [0.1, 0.15) is 0 Å². The van der Waals surface area contributed by atoms with Gasteiger partial charge in [-0.3, -0.25) is 4.98 Å². The third-order valence-electron chi connectivity index (χ3n) is 4.74. The molecule has 2 aromatic heterocycles. The zero-order valence-electron chi connectivity index (χ0n) is 13.7. The van der Waals surface area contributed by atoms with Crippen molar-refractivity contribution in [1.29, 1.82) is 0 Å². The number of nitrogens with two attached hydrogens (primary N) is 1. The number of aryl methyl sites for hydroxylation is 1. The van der Waals surface area contributed by atoms with Gasteiger partial charge in [0, 0.05) is 18.0 Å². The molecule has 1 fully saturated rings. The maximum absolute atomic E-state index is 6.41. The molecule has 0 bridgehead atoms. The maximum atomic E-state index is 6.41. The molecule has 2 heterocycles. The number of rotatable bonds is 3. The molecule has 2 N–H and O–H groups in total. The summed E-state index contributed by atoms with van der Waals surface area (Å²) in [6.07, 6.45) is 7.64. The molecule has 122 valence electrons. The molecule has 1 aliphatic carbocycles. The SMILES string of the molecule is Cc1ccc(-c2cncc(-c3nc(C4(N)CCCC4)no3)c2)cc1. The Labute approximate surface area is 140 Å². The predicted molar refractivity (Wildman–Crippen MR) is 92.0 cm³/mol. The molecule has 0 atom stereocenters. The van der Waals surface area contributed by atoms with Crippen LogP contribution in [0.15, 0.2) is 47.2 Å². The van der Waals surface area contributed by atoms with Gasteiger partial charge in [-0.25, -0.2) is 0 Å². The number of nitrogens with zero attached hydrogens (tertiary/aromatic N) is 3. The summed E-state index contributed by atoms with van der Waals surface area (Å²) in [5, 5.41) is 4.12. The van der Waals surface area contributed by atoms with E-state index < -0.39 is 5.54 Å². The number of hydrogen-bond acceptors (Lipinski definition) is 5. The first kappa shape index (κ1) is 15.0. The second-order valence-electron chi connectivity index (χ2n) is 6.61. The average Bonchev–Trinajstić information content (AvgIpc) is 3.26. The summed E-state index contributed by atoms with van der Waals surface area (Å²) < 4.78 is 5.46. The van der Waals surface area contributed by atoms with Crippen LogP contribution in [0.1, 0.15) is 37.1 Å². The van der Waals surface area contributed by atoms with Crippen molar-refractivity contribution in [1.82, 2.24) is 15.1 Å². The van der Waals surface area contributed by atoms with E-state index in [0.717, 1.165) is 42.4 Å². The molecular weight excluding hydrogens is 300 g/mol. The van der Waals surface area contributed by atoms with Gasteiger partial charge in [0.2, 0.25) is 0 Å². The first-order valence-electron chi connectivity index (χ1n) is 8.30. The standard InChI is InChI=1S/C19H20N4O/c1-13-4-6-14(7-5-13)15-10-16(12-21-11-15)17-22-18(23-24-17)19(20)8-2-3-9-19/h4-7,10-12H,2-3,8-9,20H2,1H3. The third kappa shape index (κ3) is 2.71. The Kier molecular flexibility index (Phi) is 3.65. The fraction of sp³-hybridized carbons (Fsp3) is 0.316. The van der Waals surface area contributed by atoms with Crippen LogP contribution in [0, 0.1) is 6.92 Å². The van der Waals surface area contributed by atoms with Gasteiger partial charge in [-0.1, -0.05) is 47.8 Å². The van der Waals surface area contributed by atoms with E-state index >= 15 is 0 Å². The van der Waals surface area contributed by atoms with Gasteiger partial charge >= 0.3 is 0 Å². The highest BCUT2D eigenvalue weighted by Gasteiger charge is 2.36. The van der Waals surface area contributed by atoms with Crippen LogP contribution in [-0.4, -0.2) is 15.1 Å². The van der Waals surface area contributed by atoms with E-state index in [2.05, 4.69) is 46.3 Å². The molecular formula is C19H20N4O. The van der Waals surface area contributed by atoms with Crippen molar-refractivity contribution in [2.45, 2.75) is 38.1 Å². The zero-order chi connectivity index (χ0) is 16.6. The molecule has 1 aromatic carbocycles. The monoisotopic (exact) mass is 320 g/mol. The van der Waals surface area contributed by atoms with E-state index in [0.29, 0.717) is 11.7 Å². The van der Waals surface area contributed by atoms with Gasteiger partial charge < -0.3 is 10.3 Å². The first-order valence-corrected chi connectivity index (χ1v) is 8.30. The van der Waals surface area contributed by atoms with E-state index in [1.807, 2.05) is 12.3 Å². The quantitative estimate of drug-likeness (QED) is 0.793. The number of pyridine rings is 1. The smallest absolute Gasteiger partial charge is 0.259 e. The first-order chi connectivity index (χ1) is 11.6. The summed E-state index contributed by atoms with van der Waals surface area (Å²) in [5.74, 6) is 1.08. The Balaban J connectivity index is 1.66. The van der Waals surface area contributed by atoms with Crippen LogP contribution in [0.4, 0.5) is 0 Å². The van der Waals surface area contributed by atoms with E-state index in [1.165, 1.54) is 5.56 Å². The molecule has 5 heteroatoms. The molecule has 4 rings (SSSR count). The van der Waals surface area contributed by atoms with Crippen molar-refractivity contribution in [3.63, 3.8) is 0 Å². The molecule has 0 saturated heterocycles. The van der Waals surface area contributed by atoms with Gasteiger partial charge in [-0.15, -0.1) is 0 Å². The zero-order valence-corrected chi connectivity index (χ0v) is 13.7. The van der Waals surface area contributed by atoms with Crippen LogP contribution < -0.4 is 5.73 Å². The summed E-state index contributed by atoms with van der Waals surface area (Å²) in [6.45, 7) is 2.07. The highest BCUT2D eigenvalue weighted by molar-refractivity contribution is 5.68. The minimum Gasteiger partial charge on any atom is -0.334 e. The summed E-state index contributed by atoms with van der Waals surface area (Å²) in [5.41, 5.74) is 10.1. The van der Waals surface area contributed by atoms with Gasteiger partial charge in [-0.2, -0.15) is 4.98 Å². The highest BCUT2D eigenvalue weighted by atomic mass is 16.5. The van der Waals surface area contributed by atoms with Crippen molar-refractivity contribution in [2.24, 2.45) is 5.73 Å². The lowest BCUT2D eigenvalue weighted by atomic mass is 9.98. The Morgan fingerprint density at radius 2 is 1.71 bits per heavy atom. The van der Waals surface area contributed by atoms with Crippen LogP contribution in [0.3, 0.4) is 0 Å². The summed E-state index contributed by atoms with van der Waals surface area (Å²) in [7, 11) is 0. The fourth-order valence-electron chi connectivity index (χ4n) is 3.23. The molecule has 0 spiro atoms. The molecule has 0 radical (unpaired) electrons. The molecule has 1 aliphatic rings. The van der Waals surface area contributed by atoms with Gasteiger partial charge in [0.25, 0.3) is 5.89 Å². The van der Waals surface area contributed by atoms with Crippen molar-refractivity contribution >= 4 is 0 Å². The largest absolute Gasteiger partial charge is 0.334 e. The summed E-state index contributed by atoms with van der Waals surface area (Å²) in [4.78, 5) is 8.87. The minimum absolute atomic E-state index is 0.441. The van der Waals surface area contributed by atoms with Crippen LogP contribution >= 0.6 is 0 Å². The third-order valence-corrected chi connectivity index (χ3v) is 4.74. The lowest BCUT2D eigenvalue weighted by Crippen LogP contribution is -2.34. The van der Waals surface area contributed by atoms with Gasteiger partial charge in [0.15, 0.2) is 5.82 Å². The molecule has 24 heavy (non-hydrogen) atoms. The predicted octanol–water partition coefficient (Wildman–Crippen LogP) is 3.84. The normalized spacial score (nSPS) is 16.4. The molecule has 0 unspecified atom stereocenters. The Bertz CT molecular complexity index is 848. The molecule has 5 nitrogen and oxygen atoms in total. The maximum Gasteiger partial charge on any atom is 0.259 e. The molecule has 0 amide bonds. The topological polar surface area (TPSA) is 77.8 Å². The van der Waals surface area contributed by atoms with E-state index in [9.17, 15) is 0 Å².